The highest BCUT2D eigenvalue weighted by molar-refractivity contribution is 5.86. The molecule has 1 aliphatic rings. The molecule has 0 atom stereocenters. The Labute approximate surface area is 107 Å². The summed E-state index contributed by atoms with van der Waals surface area (Å²) in [5.74, 6) is 0. The summed E-state index contributed by atoms with van der Waals surface area (Å²) in [4.78, 5) is 0. The van der Waals surface area contributed by atoms with Gasteiger partial charge in [-0.2, -0.15) is 0 Å². The van der Waals surface area contributed by atoms with Crippen LogP contribution in [0.5, 0.6) is 0 Å². The minimum atomic E-state index is 0.638. The van der Waals surface area contributed by atoms with Gasteiger partial charge in [0.25, 0.3) is 0 Å². The highest BCUT2D eigenvalue weighted by atomic mass is 16.4. The Morgan fingerprint density at radius 3 is 2.72 bits per heavy atom. The second-order valence-corrected chi connectivity index (χ2v) is 4.78. The van der Waals surface area contributed by atoms with Gasteiger partial charge in [0.05, 0.1) is 0 Å². The van der Waals surface area contributed by atoms with Crippen molar-refractivity contribution in [3.8, 4) is 11.1 Å². The first-order valence-corrected chi connectivity index (χ1v) is 6.14. The molecule has 0 radical (unpaired) electrons. The van der Waals surface area contributed by atoms with Crippen LogP contribution >= 0.6 is 0 Å². The topological polar surface area (TPSA) is 35.4 Å². The zero-order valence-corrected chi connectivity index (χ0v) is 10.3. The fraction of sp³-hybridized carbons (Fsp3) is 0.188. The molecule has 0 fully saturated rings. The number of hydrogen-bond donors (Lipinski definition) is 0. The molecule has 0 aromatic heterocycles. The molecule has 0 aliphatic heterocycles. The van der Waals surface area contributed by atoms with Crippen LogP contribution in [0.15, 0.2) is 47.6 Å². The number of hydrogen-bond acceptors (Lipinski definition) is 2. The first-order valence-electron chi connectivity index (χ1n) is 6.14. The molecule has 0 unspecified atom stereocenters. The van der Waals surface area contributed by atoms with Crippen LogP contribution in [0.3, 0.4) is 0 Å². The van der Waals surface area contributed by atoms with Gasteiger partial charge in [0, 0.05) is 12.1 Å². The van der Waals surface area contributed by atoms with E-state index in [2.05, 4.69) is 47.6 Å². The third-order valence-corrected chi connectivity index (χ3v) is 3.55. The van der Waals surface area contributed by atoms with Crippen molar-refractivity contribution in [2.45, 2.75) is 19.8 Å². The Kier molecular flexibility index (Phi) is 2.63. The lowest BCUT2D eigenvalue weighted by atomic mass is 9.98. The molecule has 3 rings (SSSR count). The van der Waals surface area contributed by atoms with E-state index in [0.29, 0.717) is 12.1 Å². The molecule has 0 saturated carbocycles. The lowest BCUT2D eigenvalue weighted by Crippen LogP contribution is -2.00. The summed E-state index contributed by atoms with van der Waals surface area (Å²) < 4.78 is 0. The normalized spacial score (nSPS) is 13.3. The number of rotatable bonds is 2. The molecule has 2 aromatic carbocycles. The quantitative estimate of drug-likeness (QED) is 0.493. The van der Waals surface area contributed by atoms with Crippen molar-refractivity contribution in [3.05, 3.63) is 64.4 Å². The van der Waals surface area contributed by atoms with Gasteiger partial charge < -0.3 is 10.4 Å². The molecule has 18 heavy (non-hydrogen) atoms. The van der Waals surface area contributed by atoms with Gasteiger partial charge in [0.15, 0.2) is 0 Å². The summed E-state index contributed by atoms with van der Waals surface area (Å²) in [6.45, 7) is 1.79. The van der Waals surface area contributed by atoms with Crippen molar-refractivity contribution in [3.63, 3.8) is 0 Å². The van der Waals surface area contributed by atoms with Gasteiger partial charge in [0.2, 0.25) is 0 Å². The first kappa shape index (κ1) is 11.0. The van der Waals surface area contributed by atoms with Crippen LogP contribution in [0, 0.1) is 5.21 Å². The van der Waals surface area contributed by atoms with Gasteiger partial charge in [-0.05, 0) is 41.2 Å². The fourth-order valence-electron chi connectivity index (χ4n) is 2.70. The van der Waals surface area contributed by atoms with E-state index < -0.39 is 0 Å². The summed E-state index contributed by atoms with van der Waals surface area (Å²) in [6.07, 6.45) is 1.62. The molecule has 0 N–H and O–H groups in total. The molecule has 0 amide bonds. The lowest BCUT2D eigenvalue weighted by Gasteiger charge is -2.09. The molecule has 0 heterocycles. The minimum absolute atomic E-state index is 0.638. The Hall–Kier alpha value is -2.09. The third kappa shape index (κ3) is 1.70. The maximum Gasteiger partial charge on any atom is 0.0101 e. The van der Waals surface area contributed by atoms with Crippen LogP contribution in [0.2, 0.25) is 0 Å². The average molecular weight is 236 g/mol. The van der Waals surface area contributed by atoms with Crippen molar-refractivity contribution in [1.29, 1.82) is 0 Å². The highest BCUT2D eigenvalue weighted by Gasteiger charge is 2.20. The summed E-state index contributed by atoms with van der Waals surface area (Å²) in [5.41, 5.74) is 7.21. The van der Waals surface area contributed by atoms with E-state index in [-0.39, 0.29) is 0 Å². The van der Waals surface area contributed by atoms with Crippen molar-refractivity contribution in [2.75, 3.05) is 0 Å². The largest absolute Gasteiger partial charge is 0.792 e. The molecule has 2 heteroatoms. The average Bonchev–Trinajstić information content (AvgIpc) is 2.78. The van der Waals surface area contributed by atoms with E-state index in [1.54, 1.807) is 6.92 Å². The Bertz CT molecular complexity index is 629. The Morgan fingerprint density at radius 2 is 1.89 bits per heavy atom. The smallest absolute Gasteiger partial charge is 0.0101 e. The maximum absolute atomic E-state index is 10.5. The third-order valence-electron chi connectivity index (χ3n) is 3.55. The van der Waals surface area contributed by atoms with Crippen LogP contribution in [0.1, 0.15) is 23.6 Å². The first-order chi connectivity index (χ1) is 8.79. The minimum Gasteiger partial charge on any atom is -0.792 e. The number of nitrogens with zero attached hydrogens (tertiary/aromatic N) is 1. The monoisotopic (exact) mass is 236 g/mol. The van der Waals surface area contributed by atoms with Crippen LogP contribution in [-0.2, 0) is 12.8 Å². The zero-order valence-electron chi connectivity index (χ0n) is 10.3. The van der Waals surface area contributed by atoms with Crippen LogP contribution in [0.25, 0.3) is 11.1 Å². The van der Waals surface area contributed by atoms with Crippen molar-refractivity contribution in [2.24, 2.45) is 5.16 Å². The van der Waals surface area contributed by atoms with Crippen molar-refractivity contribution >= 4 is 5.71 Å². The standard InChI is InChI=1S/C16H15NO/c1-11(17-18)9-12-6-4-8-15-14-7-3-2-5-13(14)10-16(12)15/h2-8,18H,9-10H2,1H3/p-1. The summed E-state index contributed by atoms with van der Waals surface area (Å²) in [7, 11) is 0. The predicted octanol–water partition coefficient (Wildman–Crippen LogP) is 3.76. The number of benzene rings is 2. The lowest BCUT2D eigenvalue weighted by molar-refractivity contribution is 1.17. The molecule has 0 bridgehead atoms. The molecule has 2 nitrogen and oxygen atoms in total. The van der Waals surface area contributed by atoms with Gasteiger partial charge in [-0.1, -0.05) is 42.5 Å². The number of fused-ring (bicyclic) bond motifs is 3. The molecule has 0 saturated heterocycles. The van der Waals surface area contributed by atoms with E-state index in [0.717, 1.165) is 6.42 Å². The molecular formula is C16H14NO-. The van der Waals surface area contributed by atoms with Crippen LogP contribution in [-0.4, -0.2) is 5.71 Å². The Balaban J connectivity index is 2.08. The van der Waals surface area contributed by atoms with Gasteiger partial charge in [-0.15, -0.1) is 0 Å². The van der Waals surface area contributed by atoms with Crippen LogP contribution < -0.4 is 0 Å². The van der Waals surface area contributed by atoms with E-state index >= 15 is 0 Å². The highest BCUT2D eigenvalue weighted by Crippen LogP contribution is 2.38. The Morgan fingerprint density at radius 1 is 1.11 bits per heavy atom. The summed E-state index contributed by atoms with van der Waals surface area (Å²) in [5, 5.41) is 13.6. The molecular weight excluding hydrogens is 222 g/mol. The molecule has 2 aromatic rings. The second-order valence-electron chi connectivity index (χ2n) is 4.78. The fourth-order valence-corrected chi connectivity index (χ4v) is 2.70. The van der Waals surface area contributed by atoms with Gasteiger partial charge in [0.1, 0.15) is 0 Å². The zero-order chi connectivity index (χ0) is 12.5. The van der Waals surface area contributed by atoms with E-state index in [4.69, 9.17) is 0 Å². The van der Waals surface area contributed by atoms with Crippen molar-refractivity contribution < 1.29 is 0 Å². The maximum atomic E-state index is 10.5. The summed E-state index contributed by atoms with van der Waals surface area (Å²) in [6, 6.07) is 14.8. The van der Waals surface area contributed by atoms with E-state index in [1.807, 2.05) is 0 Å². The van der Waals surface area contributed by atoms with E-state index in [9.17, 15) is 5.21 Å². The second kappa shape index (κ2) is 4.30. The van der Waals surface area contributed by atoms with E-state index in [1.165, 1.54) is 27.8 Å². The van der Waals surface area contributed by atoms with Crippen LogP contribution in [0.4, 0.5) is 0 Å². The summed E-state index contributed by atoms with van der Waals surface area (Å²) >= 11 is 0. The molecule has 1 aliphatic carbocycles. The van der Waals surface area contributed by atoms with Gasteiger partial charge in [-0.25, -0.2) is 0 Å². The predicted molar refractivity (Wildman–Crippen MR) is 74.9 cm³/mol. The molecule has 0 spiro atoms. The van der Waals surface area contributed by atoms with Gasteiger partial charge in [-0.3, -0.25) is 0 Å². The van der Waals surface area contributed by atoms with Crippen molar-refractivity contribution in [1.82, 2.24) is 0 Å². The molecule has 90 valence electrons. The SMILES string of the molecule is CC(Cc1cccc2c1Cc1ccccc1-2)=N[O-]. The van der Waals surface area contributed by atoms with Gasteiger partial charge >= 0.3 is 0 Å².